The van der Waals surface area contributed by atoms with Gasteiger partial charge in [0.25, 0.3) is 0 Å². The van der Waals surface area contributed by atoms with E-state index in [0.717, 1.165) is 0 Å². The highest BCUT2D eigenvalue weighted by molar-refractivity contribution is 7.86. The van der Waals surface area contributed by atoms with Crippen LogP contribution >= 0.6 is 11.6 Å². The number of halogens is 1. The molecule has 214 valence electrons. The molecule has 1 saturated heterocycles. The first-order chi connectivity index (χ1) is 19.7. The van der Waals surface area contributed by atoms with E-state index in [1.807, 2.05) is 0 Å². The van der Waals surface area contributed by atoms with Gasteiger partial charge < -0.3 is 28.4 Å². The molecule has 3 aromatic rings. The lowest BCUT2D eigenvalue weighted by Gasteiger charge is -2.34. The van der Waals surface area contributed by atoms with Crippen LogP contribution in [0.4, 0.5) is 0 Å². The van der Waals surface area contributed by atoms with Crippen LogP contribution in [0.25, 0.3) is 0 Å². The van der Waals surface area contributed by atoms with Gasteiger partial charge in [-0.15, -0.1) is 0 Å². The maximum atomic E-state index is 13.3. The van der Waals surface area contributed by atoms with Crippen molar-refractivity contribution < 1.29 is 45.9 Å². The van der Waals surface area contributed by atoms with Gasteiger partial charge in [-0.3, -0.25) is 9.08 Å². The predicted octanol–water partition coefficient (Wildman–Crippen LogP) is 4.14. The molecule has 0 saturated carbocycles. The van der Waals surface area contributed by atoms with Crippen molar-refractivity contribution in [3.05, 3.63) is 70.2 Å². The number of carbonyl (C=O) groups excluding carboxylic acids is 1. The van der Waals surface area contributed by atoms with Gasteiger partial charge in [0, 0.05) is 16.5 Å². The van der Waals surface area contributed by atoms with Crippen LogP contribution in [0.5, 0.6) is 28.7 Å². The molecule has 41 heavy (non-hydrogen) atoms. The Kier molecular flexibility index (Phi) is 6.82. The number of benzene rings is 3. The highest BCUT2D eigenvalue weighted by atomic mass is 35.5. The van der Waals surface area contributed by atoms with Gasteiger partial charge in [0.05, 0.1) is 38.9 Å². The van der Waals surface area contributed by atoms with Crippen LogP contribution in [-0.4, -0.2) is 54.8 Å². The van der Waals surface area contributed by atoms with Crippen LogP contribution in [0.2, 0.25) is 5.02 Å². The molecule has 1 aliphatic carbocycles. The summed E-state index contributed by atoms with van der Waals surface area (Å²) in [6.45, 7) is -0.0165. The number of hydrogen-bond donors (Lipinski definition) is 0. The van der Waals surface area contributed by atoms with Crippen LogP contribution in [0.1, 0.15) is 22.6 Å². The lowest BCUT2D eigenvalue weighted by molar-refractivity contribution is -0.141. The Morgan fingerprint density at radius 1 is 0.902 bits per heavy atom. The van der Waals surface area contributed by atoms with E-state index in [4.69, 9.17) is 44.3 Å². The van der Waals surface area contributed by atoms with Gasteiger partial charge in [-0.2, -0.15) is 8.42 Å². The van der Waals surface area contributed by atoms with Crippen molar-refractivity contribution in [1.82, 2.24) is 0 Å². The molecular formula is C28H24ClNO10S. The molecule has 3 aromatic carbocycles. The van der Waals surface area contributed by atoms with Crippen LogP contribution in [0.15, 0.2) is 58.6 Å². The van der Waals surface area contributed by atoms with Crippen molar-refractivity contribution in [3.8, 4) is 28.7 Å². The second kappa shape index (κ2) is 10.3. The third kappa shape index (κ3) is 4.56. The Labute approximate surface area is 240 Å². The number of oxime groups is 1. The first-order valence-electron chi connectivity index (χ1n) is 12.4. The van der Waals surface area contributed by atoms with E-state index in [9.17, 15) is 13.2 Å². The van der Waals surface area contributed by atoms with Gasteiger partial charge in [0.15, 0.2) is 23.0 Å². The number of cyclic esters (lactones) is 1. The third-order valence-electron chi connectivity index (χ3n) is 7.36. The summed E-state index contributed by atoms with van der Waals surface area (Å²) in [6, 6.07) is 12.5. The minimum absolute atomic E-state index is 0.00982. The average Bonchev–Trinajstić information content (AvgIpc) is 3.59. The Morgan fingerprint density at radius 2 is 1.56 bits per heavy atom. The molecule has 0 unspecified atom stereocenters. The Balaban J connectivity index is 1.53. The Hall–Kier alpha value is -4.16. The van der Waals surface area contributed by atoms with E-state index in [-0.39, 0.29) is 24.0 Å². The maximum absolute atomic E-state index is 13.3. The second-order valence-electron chi connectivity index (χ2n) is 9.45. The zero-order valence-corrected chi connectivity index (χ0v) is 23.7. The number of fused-ring (bicyclic) bond motifs is 3. The van der Waals surface area contributed by atoms with Crippen LogP contribution in [0.3, 0.4) is 0 Å². The van der Waals surface area contributed by atoms with E-state index in [1.54, 1.807) is 24.3 Å². The first-order valence-corrected chi connectivity index (χ1v) is 14.2. The maximum Gasteiger partial charge on any atom is 0.358 e. The molecule has 6 rings (SSSR count). The topological polar surface area (TPSA) is 128 Å². The molecule has 2 heterocycles. The van der Waals surface area contributed by atoms with Crippen molar-refractivity contribution in [2.24, 2.45) is 17.0 Å². The normalized spacial score (nSPS) is 21.6. The lowest BCUT2D eigenvalue weighted by atomic mass is 9.66. The van der Waals surface area contributed by atoms with Crippen molar-refractivity contribution in [2.75, 3.05) is 34.7 Å². The van der Waals surface area contributed by atoms with Gasteiger partial charge in [-0.25, -0.2) is 0 Å². The summed E-state index contributed by atoms with van der Waals surface area (Å²) in [5.41, 5.74) is 2.08. The van der Waals surface area contributed by atoms with Crippen molar-refractivity contribution in [2.45, 2.75) is 10.8 Å². The fraction of sp³-hybridized carbons (Fsp3) is 0.286. The van der Waals surface area contributed by atoms with Gasteiger partial charge >= 0.3 is 16.1 Å². The van der Waals surface area contributed by atoms with Gasteiger partial charge in [-0.1, -0.05) is 16.8 Å². The standard InChI is InChI=1S/C28H24ClNO10S/c1-34-22-8-14(9-23(35-2)27(22)36-3)24-17-10-20-21(39-13-38-20)11-18(17)26(19-12-37-28(31)25(19)24)30-40-41(32,33)16-6-4-15(29)5-7-16/h4-11,19,24-25H,12-13H2,1-3H3/b30-26-/t19-,24+,25+/m0/s1. The smallest absolute Gasteiger partial charge is 0.358 e. The minimum Gasteiger partial charge on any atom is -0.493 e. The molecule has 13 heteroatoms. The molecule has 0 radical (unpaired) electrons. The molecule has 0 aromatic heterocycles. The van der Waals surface area contributed by atoms with Crippen LogP contribution in [-0.2, 0) is 23.9 Å². The summed E-state index contributed by atoms with van der Waals surface area (Å²) in [5.74, 6) is -0.317. The molecule has 0 amide bonds. The highest BCUT2D eigenvalue weighted by Gasteiger charge is 2.52. The summed E-state index contributed by atoms with van der Waals surface area (Å²) >= 11 is 5.90. The highest BCUT2D eigenvalue weighted by Crippen LogP contribution is 2.52. The van der Waals surface area contributed by atoms with Gasteiger partial charge in [0.2, 0.25) is 12.5 Å². The number of esters is 1. The van der Waals surface area contributed by atoms with Gasteiger partial charge in [0.1, 0.15) is 11.5 Å². The summed E-state index contributed by atoms with van der Waals surface area (Å²) in [4.78, 5) is 13.1. The molecule has 0 bridgehead atoms. The summed E-state index contributed by atoms with van der Waals surface area (Å²) in [6.07, 6.45) is 0. The average molecular weight is 602 g/mol. The molecule has 3 atom stereocenters. The molecule has 3 aliphatic rings. The number of rotatable bonds is 7. The minimum atomic E-state index is -4.30. The Morgan fingerprint density at radius 3 is 2.20 bits per heavy atom. The van der Waals surface area contributed by atoms with Crippen molar-refractivity contribution in [1.29, 1.82) is 0 Å². The molecule has 1 fully saturated rings. The summed E-state index contributed by atoms with van der Waals surface area (Å²) < 4.78 is 64.5. The number of carbonyl (C=O) groups is 1. The first kappa shape index (κ1) is 27.0. The SMILES string of the molecule is COc1cc([C@@H]2c3cc4c(cc3/C(=N/OS(=O)(=O)c3ccc(Cl)cc3)[C@H]3COC(=O)[C@@H]23)OCO4)cc(OC)c1OC. The van der Waals surface area contributed by atoms with E-state index in [0.29, 0.717) is 50.5 Å². The molecular weight excluding hydrogens is 578 g/mol. The van der Waals surface area contributed by atoms with E-state index in [2.05, 4.69) is 5.16 Å². The summed E-state index contributed by atoms with van der Waals surface area (Å²) in [7, 11) is 0.210. The lowest BCUT2D eigenvalue weighted by Crippen LogP contribution is -2.37. The molecule has 2 aliphatic heterocycles. The van der Waals surface area contributed by atoms with E-state index < -0.39 is 33.8 Å². The molecule has 0 N–H and O–H groups in total. The third-order valence-corrected chi connectivity index (χ3v) is 8.73. The van der Waals surface area contributed by atoms with E-state index in [1.165, 1.54) is 45.6 Å². The van der Waals surface area contributed by atoms with Crippen molar-refractivity contribution >= 4 is 33.4 Å². The summed E-state index contributed by atoms with van der Waals surface area (Å²) in [5, 5.41) is 4.49. The predicted molar refractivity (Wildman–Crippen MR) is 145 cm³/mol. The van der Waals surface area contributed by atoms with Gasteiger partial charge in [-0.05, 0) is 59.7 Å². The zero-order valence-electron chi connectivity index (χ0n) is 22.1. The van der Waals surface area contributed by atoms with Crippen LogP contribution < -0.4 is 23.7 Å². The molecule has 0 spiro atoms. The Bertz CT molecular complexity index is 1650. The molecule has 11 nitrogen and oxygen atoms in total. The monoisotopic (exact) mass is 601 g/mol. The zero-order chi connectivity index (χ0) is 28.9. The fourth-order valence-electron chi connectivity index (χ4n) is 5.50. The number of hydrogen-bond acceptors (Lipinski definition) is 11. The largest absolute Gasteiger partial charge is 0.493 e. The number of methoxy groups -OCH3 is 3. The van der Waals surface area contributed by atoms with Crippen LogP contribution in [0, 0.1) is 11.8 Å². The number of nitrogens with zero attached hydrogens (tertiary/aromatic N) is 1. The second-order valence-corrected chi connectivity index (χ2v) is 11.4. The fourth-order valence-corrected chi connectivity index (χ4v) is 6.36. The quantitative estimate of drug-likeness (QED) is 0.288. The van der Waals surface area contributed by atoms with E-state index >= 15 is 0 Å². The van der Waals surface area contributed by atoms with Crippen molar-refractivity contribution in [3.63, 3.8) is 0 Å². The number of ether oxygens (including phenoxy) is 6.